The van der Waals surface area contributed by atoms with E-state index < -0.39 is 0 Å². The molecule has 3 heterocycles. The van der Waals surface area contributed by atoms with E-state index in [1.54, 1.807) is 6.07 Å². The smallest absolute Gasteiger partial charge is 0.204 e. The van der Waals surface area contributed by atoms with Crippen LogP contribution >= 0.6 is 0 Å². The zero-order valence-electron chi connectivity index (χ0n) is 10.9. The first-order valence-corrected chi connectivity index (χ1v) is 6.85. The van der Waals surface area contributed by atoms with E-state index in [2.05, 4.69) is 27.1 Å². The van der Waals surface area contributed by atoms with Gasteiger partial charge in [-0.05, 0) is 37.0 Å². The summed E-state index contributed by atoms with van der Waals surface area (Å²) in [4.78, 5) is 10.2. The van der Waals surface area contributed by atoms with E-state index in [-0.39, 0.29) is 5.82 Å². The van der Waals surface area contributed by atoms with Gasteiger partial charge in [-0.15, -0.1) is 0 Å². The molecule has 0 amide bonds. The highest BCUT2D eigenvalue weighted by atomic mass is 19.1. The lowest BCUT2D eigenvalue weighted by Gasteiger charge is -2.23. The van der Waals surface area contributed by atoms with Crippen LogP contribution in [0.1, 0.15) is 6.92 Å². The van der Waals surface area contributed by atoms with Crippen LogP contribution in [0.5, 0.6) is 0 Å². The van der Waals surface area contributed by atoms with Gasteiger partial charge < -0.3 is 15.2 Å². The zero-order chi connectivity index (χ0) is 13.0. The molecule has 3 unspecified atom stereocenters. The molecule has 2 aromatic rings. The van der Waals surface area contributed by atoms with Crippen LogP contribution in [-0.4, -0.2) is 35.6 Å². The standard InChI is InChI=1S/C14H17FN4/c1-8-11-6-16-5-9(11)7-19(8)14-17-12-3-2-10(15)4-13(12)18-14/h2-4,8-9,11,16H,5-7H2,1H3,(H,17,18). The maximum atomic E-state index is 13.2. The summed E-state index contributed by atoms with van der Waals surface area (Å²) in [5, 5.41) is 3.45. The molecule has 0 bridgehead atoms. The highest BCUT2D eigenvalue weighted by Gasteiger charge is 2.42. The third-order valence-electron chi connectivity index (χ3n) is 4.64. The van der Waals surface area contributed by atoms with E-state index in [0.29, 0.717) is 17.9 Å². The lowest BCUT2D eigenvalue weighted by molar-refractivity contribution is 0.471. The van der Waals surface area contributed by atoms with E-state index in [0.717, 1.165) is 36.6 Å². The quantitative estimate of drug-likeness (QED) is 0.821. The number of aromatic nitrogens is 2. The van der Waals surface area contributed by atoms with E-state index >= 15 is 0 Å². The number of halogens is 1. The summed E-state index contributed by atoms with van der Waals surface area (Å²) in [5.74, 6) is 2.06. The van der Waals surface area contributed by atoms with Crippen LogP contribution in [0, 0.1) is 17.7 Å². The van der Waals surface area contributed by atoms with Crippen molar-refractivity contribution in [1.82, 2.24) is 15.3 Å². The van der Waals surface area contributed by atoms with Crippen LogP contribution in [0.25, 0.3) is 11.0 Å². The lowest BCUT2D eigenvalue weighted by Crippen LogP contribution is -2.33. The molecule has 2 fully saturated rings. The summed E-state index contributed by atoms with van der Waals surface area (Å²) in [7, 11) is 0. The van der Waals surface area contributed by atoms with Crippen molar-refractivity contribution in [2.45, 2.75) is 13.0 Å². The van der Waals surface area contributed by atoms with E-state index in [1.807, 2.05) is 0 Å². The monoisotopic (exact) mass is 260 g/mol. The van der Waals surface area contributed by atoms with Crippen LogP contribution < -0.4 is 10.2 Å². The fraction of sp³-hybridized carbons (Fsp3) is 0.500. The van der Waals surface area contributed by atoms with Crippen molar-refractivity contribution in [3.8, 4) is 0 Å². The first-order chi connectivity index (χ1) is 9.22. The van der Waals surface area contributed by atoms with Crippen LogP contribution in [0.2, 0.25) is 0 Å². The molecule has 0 radical (unpaired) electrons. The highest BCUT2D eigenvalue weighted by Crippen LogP contribution is 2.35. The van der Waals surface area contributed by atoms with Crippen LogP contribution in [0.3, 0.4) is 0 Å². The van der Waals surface area contributed by atoms with Crippen molar-refractivity contribution in [2.75, 3.05) is 24.5 Å². The van der Waals surface area contributed by atoms with Gasteiger partial charge in [0.25, 0.3) is 0 Å². The van der Waals surface area contributed by atoms with Gasteiger partial charge in [0.2, 0.25) is 5.95 Å². The van der Waals surface area contributed by atoms with E-state index in [1.165, 1.54) is 12.1 Å². The molecule has 3 atom stereocenters. The van der Waals surface area contributed by atoms with Gasteiger partial charge in [0.05, 0.1) is 11.0 Å². The van der Waals surface area contributed by atoms with Gasteiger partial charge in [-0.1, -0.05) is 0 Å². The topological polar surface area (TPSA) is 44.0 Å². The van der Waals surface area contributed by atoms with Gasteiger partial charge in [0.1, 0.15) is 5.82 Å². The first-order valence-electron chi connectivity index (χ1n) is 6.85. The molecule has 1 aromatic carbocycles. The largest absolute Gasteiger partial charge is 0.339 e. The second-order valence-corrected chi connectivity index (χ2v) is 5.70. The maximum absolute atomic E-state index is 13.2. The summed E-state index contributed by atoms with van der Waals surface area (Å²) < 4.78 is 13.2. The Kier molecular flexibility index (Phi) is 2.33. The minimum Gasteiger partial charge on any atom is -0.339 e. The van der Waals surface area contributed by atoms with Crippen LogP contribution in [0.15, 0.2) is 18.2 Å². The number of imidazole rings is 1. The van der Waals surface area contributed by atoms with Gasteiger partial charge in [-0.2, -0.15) is 0 Å². The molecule has 4 rings (SSSR count). The third-order valence-corrected chi connectivity index (χ3v) is 4.64. The molecule has 2 saturated heterocycles. The van der Waals surface area contributed by atoms with Gasteiger partial charge in [-0.25, -0.2) is 9.37 Å². The number of fused-ring (bicyclic) bond motifs is 2. The molecule has 19 heavy (non-hydrogen) atoms. The first kappa shape index (κ1) is 11.2. The Morgan fingerprint density at radius 3 is 3.11 bits per heavy atom. The van der Waals surface area contributed by atoms with Gasteiger partial charge in [0, 0.05) is 25.7 Å². The molecule has 4 nitrogen and oxygen atoms in total. The molecule has 0 saturated carbocycles. The summed E-state index contributed by atoms with van der Waals surface area (Å²) in [5.41, 5.74) is 1.61. The Labute approximate surface area is 111 Å². The fourth-order valence-electron chi connectivity index (χ4n) is 3.55. The van der Waals surface area contributed by atoms with Crippen molar-refractivity contribution in [1.29, 1.82) is 0 Å². The van der Waals surface area contributed by atoms with E-state index in [4.69, 9.17) is 0 Å². The number of benzene rings is 1. The average Bonchev–Trinajstić information content (AvgIpc) is 3.04. The molecule has 0 aliphatic carbocycles. The molecule has 2 N–H and O–H groups in total. The predicted octanol–water partition coefficient (Wildman–Crippen LogP) is 1.75. The predicted molar refractivity (Wildman–Crippen MR) is 72.7 cm³/mol. The fourth-order valence-corrected chi connectivity index (χ4v) is 3.55. The summed E-state index contributed by atoms with van der Waals surface area (Å²) in [6.45, 7) is 5.48. The SMILES string of the molecule is CC1C2CNCC2CN1c1nc2ccc(F)cc2[nH]1. The average molecular weight is 260 g/mol. The highest BCUT2D eigenvalue weighted by molar-refractivity contribution is 5.77. The summed E-state index contributed by atoms with van der Waals surface area (Å²) in [6, 6.07) is 5.17. The Bertz CT molecular complexity index is 623. The number of aromatic amines is 1. The van der Waals surface area contributed by atoms with Gasteiger partial charge in [-0.3, -0.25) is 0 Å². The lowest BCUT2D eigenvalue weighted by atomic mass is 9.95. The minimum atomic E-state index is -0.224. The number of H-pyrrole nitrogens is 1. The number of hydrogen-bond donors (Lipinski definition) is 2. The second kappa shape index (κ2) is 3.93. The van der Waals surface area contributed by atoms with Crippen molar-refractivity contribution in [3.05, 3.63) is 24.0 Å². The van der Waals surface area contributed by atoms with E-state index in [9.17, 15) is 4.39 Å². The molecular weight excluding hydrogens is 243 g/mol. The van der Waals surface area contributed by atoms with Crippen molar-refractivity contribution in [2.24, 2.45) is 11.8 Å². The summed E-state index contributed by atoms with van der Waals surface area (Å²) >= 11 is 0. The number of anilines is 1. The molecule has 100 valence electrons. The molecule has 1 aromatic heterocycles. The third kappa shape index (κ3) is 1.64. The molecule has 0 spiro atoms. The normalized spacial score (nSPS) is 30.2. The number of nitrogens with zero attached hydrogens (tertiary/aromatic N) is 2. The van der Waals surface area contributed by atoms with Gasteiger partial charge >= 0.3 is 0 Å². The van der Waals surface area contributed by atoms with Crippen molar-refractivity contribution in [3.63, 3.8) is 0 Å². The van der Waals surface area contributed by atoms with Crippen molar-refractivity contribution < 1.29 is 4.39 Å². The Balaban J connectivity index is 1.71. The summed E-state index contributed by atoms with van der Waals surface area (Å²) in [6.07, 6.45) is 0. The number of rotatable bonds is 1. The Morgan fingerprint density at radius 1 is 1.37 bits per heavy atom. The van der Waals surface area contributed by atoms with Crippen molar-refractivity contribution >= 4 is 17.0 Å². The number of nitrogens with one attached hydrogen (secondary N) is 2. The molecule has 2 aliphatic rings. The van der Waals surface area contributed by atoms with Gasteiger partial charge in [0.15, 0.2) is 0 Å². The number of hydrogen-bond acceptors (Lipinski definition) is 3. The zero-order valence-corrected chi connectivity index (χ0v) is 10.9. The molecule has 5 heteroatoms. The van der Waals surface area contributed by atoms with Crippen LogP contribution in [0.4, 0.5) is 10.3 Å². The second-order valence-electron chi connectivity index (χ2n) is 5.70. The minimum absolute atomic E-state index is 0.224. The van der Waals surface area contributed by atoms with Crippen LogP contribution in [-0.2, 0) is 0 Å². The molecular formula is C14H17FN4. The molecule has 2 aliphatic heterocycles. The Morgan fingerprint density at radius 2 is 2.26 bits per heavy atom. The maximum Gasteiger partial charge on any atom is 0.204 e. The Hall–Kier alpha value is -1.62.